The van der Waals surface area contributed by atoms with E-state index in [0.717, 1.165) is 12.1 Å². The van der Waals surface area contributed by atoms with E-state index in [1.807, 2.05) is 0 Å². The molecular formula is C21H20O9. The lowest BCUT2D eigenvalue weighted by molar-refractivity contribution is -0.219. The van der Waals surface area contributed by atoms with Crippen molar-refractivity contribution < 1.29 is 39.8 Å². The van der Waals surface area contributed by atoms with Crippen molar-refractivity contribution in [3.05, 3.63) is 52.2 Å². The lowest BCUT2D eigenvalue weighted by atomic mass is 9.90. The molecule has 1 aliphatic heterocycles. The van der Waals surface area contributed by atoms with Crippen LogP contribution >= 0.6 is 0 Å². The second-order valence-corrected chi connectivity index (χ2v) is 7.29. The Kier molecular flexibility index (Phi) is 4.91. The van der Waals surface area contributed by atoms with Gasteiger partial charge in [-0.3, -0.25) is 4.79 Å². The number of aliphatic hydroxyl groups excluding tert-OH is 3. The Hall–Kier alpha value is -3.11. The largest absolute Gasteiger partial charge is 0.508 e. The highest BCUT2D eigenvalue weighted by Gasteiger charge is 2.44. The van der Waals surface area contributed by atoms with Crippen molar-refractivity contribution in [1.82, 2.24) is 0 Å². The number of hydrogen-bond acceptors (Lipinski definition) is 9. The molecule has 0 amide bonds. The third kappa shape index (κ3) is 3.17. The van der Waals surface area contributed by atoms with Gasteiger partial charge < -0.3 is 39.8 Å². The Morgan fingerprint density at radius 2 is 1.53 bits per heavy atom. The third-order valence-electron chi connectivity index (χ3n) is 5.29. The van der Waals surface area contributed by atoms with Gasteiger partial charge in [-0.1, -0.05) is 0 Å². The molecule has 30 heavy (non-hydrogen) atoms. The molecule has 0 aliphatic carbocycles. The first-order chi connectivity index (χ1) is 14.2. The van der Waals surface area contributed by atoms with Crippen LogP contribution in [-0.2, 0) is 4.74 Å². The molecule has 1 saturated heterocycles. The molecule has 0 unspecified atom stereocenters. The van der Waals surface area contributed by atoms with Crippen molar-refractivity contribution in [1.29, 1.82) is 0 Å². The first kappa shape index (κ1) is 20.2. The second-order valence-electron chi connectivity index (χ2n) is 7.29. The van der Waals surface area contributed by atoms with E-state index in [0.29, 0.717) is 5.56 Å². The number of ether oxygens (including phenoxy) is 1. The van der Waals surface area contributed by atoms with Crippen molar-refractivity contribution in [2.45, 2.75) is 37.4 Å². The Morgan fingerprint density at radius 1 is 0.867 bits per heavy atom. The zero-order valence-corrected chi connectivity index (χ0v) is 15.8. The van der Waals surface area contributed by atoms with Crippen LogP contribution in [0.5, 0.6) is 17.2 Å². The first-order valence-corrected chi connectivity index (χ1v) is 9.20. The number of phenols is 3. The number of benzene rings is 2. The van der Waals surface area contributed by atoms with Gasteiger partial charge in [0.15, 0.2) is 11.0 Å². The zero-order valence-electron chi connectivity index (χ0n) is 15.8. The number of fused-ring (bicyclic) bond motifs is 1. The summed E-state index contributed by atoms with van der Waals surface area (Å²) in [6.45, 7) is 1.48. The standard InChI is InChI=1S/C21H20O9/c1-8-17(26)18(27)19(28)21(29-8)16-12(24)6-11(23)15-13(25)7-14(30-20(15)16)9-2-4-10(22)5-3-9/h2-8,17-19,21-24,26-28H,1H3/t8-,17+,18+,19-,21+/m1/s1. The van der Waals surface area contributed by atoms with E-state index in [2.05, 4.69) is 0 Å². The number of aromatic hydroxyl groups is 3. The van der Waals surface area contributed by atoms with E-state index >= 15 is 0 Å². The molecule has 6 N–H and O–H groups in total. The number of aliphatic hydroxyl groups is 3. The van der Waals surface area contributed by atoms with E-state index in [1.54, 1.807) is 0 Å². The van der Waals surface area contributed by atoms with Gasteiger partial charge in [-0.05, 0) is 31.2 Å². The summed E-state index contributed by atoms with van der Waals surface area (Å²) < 4.78 is 11.4. The van der Waals surface area contributed by atoms with E-state index in [-0.39, 0.29) is 28.0 Å². The maximum Gasteiger partial charge on any atom is 0.197 e. The summed E-state index contributed by atoms with van der Waals surface area (Å²) in [6, 6.07) is 7.88. The fourth-order valence-corrected chi connectivity index (χ4v) is 3.65. The minimum Gasteiger partial charge on any atom is -0.508 e. The molecule has 9 heteroatoms. The quantitative estimate of drug-likeness (QED) is 0.360. The third-order valence-corrected chi connectivity index (χ3v) is 5.29. The molecule has 2 heterocycles. The average Bonchev–Trinajstić information content (AvgIpc) is 2.70. The van der Waals surface area contributed by atoms with Gasteiger partial charge in [0, 0.05) is 17.7 Å². The summed E-state index contributed by atoms with van der Waals surface area (Å²) in [5.41, 5.74) is -0.555. The van der Waals surface area contributed by atoms with Crippen LogP contribution in [-0.4, -0.2) is 55.1 Å². The molecule has 9 nitrogen and oxygen atoms in total. The molecule has 0 saturated carbocycles. The van der Waals surface area contributed by atoms with E-state index in [4.69, 9.17) is 9.15 Å². The molecular weight excluding hydrogens is 396 g/mol. The summed E-state index contributed by atoms with van der Waals surface area (Å²) in [5, 5.41) is 60.5. The van der Waals surface area contributed by atoms with Gasteiger partial charge in [0.2, 0.25) is 0 Å². The van der Waals surface area contributed by atoms with Crippen molar-refractivity contribution in [2.24, 2.45) is 0 Å². The normalized spacial score (nSPS) is 26.7. The average molecular weight is 416 g/mol. The van der Waals surface area contributed by atoms with E-state index in [9.17, 15) is 35.4 Å². The smallest absolute Gasteiger partial charge is 0.197 e. The molecule has 3 aromatic rings. The highest BCUT2D eigenvalue weighted by molar-refractivity contribution is 5.89. The molecule has 0 radical (unpaired) electrons. The van der Waals surface area contributed by atoms with E-state index < -0.39 is 47.4 Å². The molecule has 5 atom stereocenters. The van der Waals surface area contributed by atoms with Crippen LogP contribution in [0.1, 0.15) is 18.6 Å². The maximum absolute atomic E-state index is 12.7. The van der Waals surface area contributed by atoms with Crippen LogP contribution in [0, 0.1) is 0 Å². The fraction of sp³-hybridized carbons (Fsp3) is 0.286. The van der Waals surface area contributed by atoms with Gasteiger partial charge in [0.05, 0.1) is 11.7 Å². The molecule has 1 aliphatic rings. The number of rotatable bonds is 2. The highest BCUT2D eigenvalue weighted by Crippen LogP contribution is 2.43. The number of hydrogen-bond donors (Lipinski definition) is 6. The van der Waals surface area contributed by atoms with Crippen LogP contribution in [0.2, 0.25) is 0 Å². The second kappa shape index (κ2) is 7.29. The Balaban J connectivity index is 1.97. The van der Waals surface area contributed by atoms with Crippen LogP contribution in [0.25, 0.3) is 22.3 Å². The maximum atomic E-state index is 12.7. The van der Waals surface area contributed by atoms with Gasteiger partial charge in [-0.25, -0.2) is 0 Å². The van der Waals surface area contributed by atoms with Crippen molar-refractivity contribution in [3.63, 3.8) is 0 Å². The summed E-state index contributed by atoms with van der Waals surface area (Å²) >= 11 is 0. The minimum absolute atomic E-state index is 0.0122. The summed E-state index contributed by atoms with van der Waals surface area (Å²) in [4.78, 5) is 12.7. The van der Waals surface area contributed by atoms with Crippen LogP contribution < -0.4 is 5.43 Å². The minimum atomic E-state index is -1.64. The van der Waals surface area contributed by atoms with Crippen LogP contribution in [0.4, 0.5) is 0 Å². The molecule has 4 rings (SSSR count). The molecule has 1 aromatic heterocycles. The SMILES string of the molecule is C[C@H]1O[C@@H](c2c(O)cc(O)c3c(=O)cc(-c4ccc(O)cc4)oc23)[C@H](O)[C@@H](O)[C@H]1O. The molecule has 0 spiro atoms. The topological polar surface area (TPSA) is 161 Å². The molecule has 1 fully saturated rings. The predicted octanol–water partition coefficient (Wildman–Crippen LogP) is 1.12. The highest BCUT2D eigenvalue weighted by atomic mass is 16.5. The summed E-state index contributed by atoms with van der Waals surface area (Å²) in [7, 11) is 0. The lowest BCUT2D eigenvalue weighted by Gasteiger charge is -2.39. The van der Waals surface area contributed by atoms with Gasteiger partial charge in [-0.15, -0.1) is 0 Å². The van der Waals surface area contributed by atoms with Crippen molar-refractivity contribution in [3.8, 4) is 28.6 Å². The van der Waals surface area contributed by atoms with Crippen molar-refractivity contribution in [2.75, 3.05) is 0 Å². The molecule has 2 aromatic carbocycles. The van der Waals surface area contributed by atoms with Gasteiger partial charge in [-0.2, -0.15) is 0 Å². The van der Waals surface area contributed by atoms with Crippen LogP contribution in [0.3, 0.4) is 0 Å². The van der Waals surface area contributed by atoms with Gasteiger partial charge in [0.1, 0.15) is 52.8 Å². The van der Waals surface area contributed by atoms with Crippen molar-refractivity contribution >= 4 is 11.0 Å². The van der Waals surface area contributed by atoms with Gasteiger partial charge >= 0.3 is 0 Å². The van der Waals surface area contributed by atoms with Crippen LogP contribution in [0.15, 0.2) is 45.6 Å². The monoisotopic (exact) mass is 416 g/mol. The van der Waals surface area contributed by atoms with E-state index in [1.165, 1.54) is 31.2 Å². The Labute approximate surface area is 169 Å². The van der Waals surface area contributed by atoms with Gasteiger partial charge in [0.25, 0.3) is 0 Å². The zero-order chi connectivity index (χ0) is 21.7. The lowest BCUT2D eigenvalue weighted by Crippen LogP contribution is -2.53. The molecule has 0 bridgehead atoms. The predicted molar refractivity (Wildman–Crippen MR) is 104 cm³/mol. The fourth-order valence-electron chi connectivity index (χ4n) is 3.65. The Bertz CT molecular complexity index is 1150. The molecule has 158 valence electrons. The number of phenolic OH excluding ortho intramolecular Hbond substituents is 3. The summed E-state index contributed by atoms with van der Waals surface area (Å²) in [5.74, 6) is -0.960. The summed E-state index contributed by atoms with van der Waals surface area (Å²) in [6.07, 6.45) is -6.82. The first-order valence-electron chi connectivity index (χ1n) is 9.20. The Morgan fingerprint density at radius 3 is 2.20 bits per heavy atom.